The molecule has 2 atom stereocenters. The number of carboxylic acid groups (broad SMARTS) is 1. The molecule has 0 saturated carbocycles. The van der Waals surface area contributed by atoms with E-state index in [0.717, 1.165) is 27.6 Å². The lowest BCUT2D eigenvalue weighted by Gasteiger charge is -2.38. The highest BCUT2D eigenvalue weighted by atomic mass is 16.5. The molecule has 1 N–H and O–H groups in total. The van der Waals surface area contributed by atoms with E-state index in [-0.39, 0.29) is 0 Å². The van der Waals surface area contributed by atoms with Crippen molar-refractivity contribution in [1.82, 2.24) is 0 Å². The Morgan fingerprint density at radius 2 is 1.96 bits per heavy atom. The van der Waals surface area contributed by atoms with Gasteiger partial charge in [0.2, 0.25) is 0 Å². The van der Waals surface area contributed by atoms with Gasteiger partial charge in [-0.05, 0) is 53.8 Å². The lowest BCUT2D eigenvalue weighted by Crippen LogP contribution is -2.48. The van der Waals surface area contributed by atoms with Crippen molar-refractivity contribution < 1.29 is 24.2 Å². The summed E-state index contributed by atoms with van der Waals surface area (Å²) in [7, 11) is 2.91. The number of hydrogen-bond donors (Lipinski definition) is 1. The third-order valence-corrected chi connectivity index (χ3v) is 5.19. The summed E-state index contributed by atoms with van der Waals surface area (Å²) >= 11 is 0. The molecular weight excluding hydrogens is 308 g/mol. The van der Waals surface area contributed by atoms with Gasteiger partial charge in [-0.1, -0.05) is 18.2 Å². The molecule has 0 unspecified atom stereocenters. The standard InChI is InChI=1S/C19H20O5/c1-19(18(22)24-3)15-8-4-11-10-12(23-2)5-6-13(11)14(15)7-9-16(19)17(20)21/h4-6,8,10,16H,7,9H2,1-3H3,(H,20,21)/t16-,19+/m0/s1. The van der Waals surface area contributed by atoms with Gasteiger partial charge in [0.05, 0.1) is 20.1 Å². The van der Waals surface area contributed by atoms with Gasteiger partial charge in [-0.2, -0.15) is 0 Å². The Morgan fingerprint density at radius 1 is 1.21 bits per heavy atom. The van der Waals surface area contributed by atoms with Gasteiger partial charge in [0.1, 0.15) is 11.2 Å². The van der Waals surface area contributed by atoms with Gasteiger partial charge in [0, 0.05) is 0 Å². The van der Waals surface area contributed by atoms with Gasteiger partial charge in [-0.15, -0.1) is 0 Å². The molecular formula is C19H20O5. The van der Waals surface area contributed by atoms with Crippen LogP contribution in [-0.4, -0.2) is 31.3 Å². The monoisotopic (exact) mass is 328 g/mol. The van der Waals surface area contributed by atoms with Crippen LogP contribution in [0.3, 0.4) is 0 Å². The van der Waals surface area contributed by atoms with Gasteiger partial charge in [-0.3, -0.25) is 9.59 Å². The summed E-state index contributed by atoms with van der Waals surface area (Å²) in [5, 5.41) is 11.6. The van der Waals surface area contributed by atoms with Crippen molar-refractivity contribution >= 4 is 22.7 Å². The predicted molar refractivity (Wildman–Crippen MR) is 89.3 cm³/mol. The molecule has 5 heteroatoms. The summed E-state index contributed by atoms with van der Waals surface area (Å²) in [4.78, 5) is 24.2. The first kappa shape index (κ1) is 16.3. The molecule has 0 bridgehead atoms. The van der Waals surface area contributed by atoms with E-state index in [1.807, 2.05) is 30.3 Å². The second-order valence-electron chi connectivity index (χ2n) is 6.30. The molecule has 0 aromatic heterocycles. The maximum atomic E-state index is 12.5. The molecule has 0 saturated heterocycles. The van der Waals surface area contributed by atoms with Crippen LogP contribution in [0.1, 0.15) is 24.5 Å². The number of fused-ring (bicyclic) bond motifs is 3. The maximum absolute atomic E-state index is 12.5. The van der Waals surface area contributed by atoms with Crippen LogP contribution in [0.2, 0.25) is 0 Å². The summed E-state index contributed by atoms with van der Waals surface area (Å²) in [6, 6.07) is 9.53. The number of rotatable bonds is 3. The molecule has 3 rings (SSSR count). The molecule has 0 fully saturated rings. The van der Waals surface area contributed by atoms with Crippen LogP contribution in [0, 0.1) is 5.92 Å². The normalized spacial score (nSPS) is 22.7. The number of methoxy groups -OCH3 is 2. The van der Waals surface area contributed by atoms with Crippen LogP contribution in [0.4, 0.5) is 0 Å². The zero-order valence-corrected chi connectivity index (χ0v) is 14.0. The van der Waals surface area contributed by atoms with E-state index in [9.17, 15) is 14.7 Å². The maximum Gasteiger partial charge on any atom is 0.316 e. The molecule has 0 aliphatic heterocycles. The topological polar surface area (TPSA) is 72.8 Å². The fraction of sp³-hybridized carbons (Fsp3) is 0.368. The first-order valence-corrected chi connectivity index (χ1v) is 7.84. The Morgan fingerprint density at radius 3 is 2.58 bits per heavy atom. The Kier molecular flexibility index (Phi) is 3.95. The van der Waals surface area contributed by atoms with Crippen molar-refractivity contribution in [1.29, 1.82) is 0 Å². The third-order valence-electron chi connectivity index (χ3n) is 5.19. The molecule has 1 aliphatic carbocycles. The molecule has 2 aromatic rings. The number of carboxylic acids is 1. The fourth-order valence-corrected chi connectivity index (χ4v) is 3.85. The summed E-state index contributed by atoms with van der Waals surface area (Å²) in [5.41, 5.74) is 0.564. The first-order valence-electron chi connectivity index (χ1n) is 7.84. The largest absolute Gasteiger partial charge is 0.497 e. The molecule has 126 valence electrons. The van der Waals surface area contributed by atoms with E-state index in [1.165, 1.54) is 7.11 Å². The predicted octanol–water partition coefficient (Wildman–Crippen LogP) is 2.93. The summed E-state index contributed by atoms with van der Waals surface area (Å²) < 4.78 is 10.2. The minimum Gasteiger partial charge on any atom is -0.497 e. The molecule has 0 heterocycles. The zero-order chi connectivity index (χ0) is 17.5. The van der Waals surface area contributed by atoms with E-state index in [2.05, 4.69) is 0 Å². The SMILES string of the molecule is COC(=O)[C@]1(C)c2ccc3cc(OC)ccc3c2CC[C@H]1C(=O)O. The van der Waals surface area contributed by atoms with E-state index in [0.29, 0.717) is 12.8 Å². The second kappa shape index (κ2) is 5.82. The number of aryl methyl sites for hydroxylation is 1. The third kappa shape index (κ3) is 2.23. The molecule has 24 heavy (non-hydrogen) atoms. The average Bonchev–Trinajstić information content (AvgIpc) is 2.59. The van der Waals surface area contributed by atoms with Crippen LogP contribution in [-0.2, 0) is 26.2 Å². The number of benzene rings is 2. The number of hydrogen-bond acceptors (Lipinski definition) is 4. The second-order valence-corrected chi connectivity index (χ2v) is 6.30. The van der Waals surface area contributed by atoms with Crippen LogP contribution >= 0.6 is 0 Å². The van der Waals surface area contributed by atoms with E-state index in [4.69, 9.17) is 9.47 Å². The van der Waals surface area contributed by atoms with Gasteiger partial charge >= 0.3 is 11.9 Å². The fourth-order valence-electron chi connectivity index (χ4n) is 3.85. The van der Waals surface area contributed by atoms with Gasteiger partial charge < -0.3 is 14.6 Å². The summed E-state index contributed by atoms with van der Waals surface area (Å²) in [6.45, 7) is 1.67. The average molecular weight is 328 g/mol. The van der Waals surface area contributed by atoms with Crippen molar-refractivity contribution in [2.75, 3.05) is 14.2 Å². The van der Waals surface area contributed by atoms with Crippen molar-refractivity contribution in [2.45, 2.75) is 25.2 Å². The number of aliphatic carboxylic acids is 1. The Hall–Kier alpha value is -2.56. The minimum absolute atomic E-state index is 0.402. The zero-order valence-electron chi connectivity index (χ0n) is 14.0. The summed E-state index contributed by atoms with van der Waals surface area (Å²) in [5.74, 6) is -1.52. The van der Waals surface area contributed by atoms with Crippen LogP contribution in [0.15, 0.2) is 30.3 Å². The number of carbonyl (C=O) groups excluding carboxylic acids is 1. The molecule has 0 radical (unpaired) electrons. The van der Waals surface area contributed by atoms with Crippen LogP contribution < -0.4 is 4.74 Å². The van der Waals surface area contributed by atoms with Crippen molar-refractivity contribution in [3.63, 3.8) is 0 Å². The van der Waals surface area contributed by atoms with Crippen LogP contribution in [0.5, 0.6) is 5.75 Å². The molecule has 0 spiro atoms. The Balaban J connectivity index is 2.26. The Bertz CT molecular complexity index is 826. The van der Waals surface area contributed by atoms with Gasteiger partial charge in [-0.25, -0.2) is 0 Å². The minimum atomic E-state index is -1.19. The molecule has 2 aromatic carbocycles. The molecule has 5 nitrogen and oxygen atoms in total. The molecule has 1 aliphatic rings. The lowest BCUT2D eigenvalue weighted by molar-refractivity contribution is -0.158. The van der Waals surface area contributed by atoms with Crippen molar-refractivity contribution in [3.05, 3.63) is 41.5 Å². The first-order chi connectivity index (χ1) is 11.4. The highest BCUT2D eigenvalue weighted by molar-refractivity contribution is 5.95. The number of ether oxygens (including phenoxy) is 2. The number of esters is 1. The smallest absolute Gasteiger partial charge is 0.316 e. The highest BCUT2D eigenvalue weighted by Gasteiger charge is 2.51. The Labute approximate surface area is 140 Å². The molecule has 0 amide bonds. The lowest BCUT2D eigenvalue weighted by atomic mass is 9.63. The quantitative estimate of drug-likeness (QED) is 0.877. The number of carbonyl (C=O) groups is 2. The van der Waals surface area contributed by atoms with Gasteiger partial charge in [0.15, 0.2) is 0 Å². The highest BCUT2D eigenvalue weighted by Crippen LogP contribution is 2.45. The van der Waals surface area contributed by atoms with E-state index < -0.39 is 23.3 Å². The van der Waals surface area contributed by atoms with Crippen LogP contribution in [0.25, 0.3) is 10.8 Å². The van der Waals surface area contributed by atoms with Crippen molar-refractivity contribution in [2.24, 2.45) is 5.92 Å². The van der Waals surface area contributed by atoms with E-state index >= 15 is 0 Å². The van der Waals surface area contributed by atoms with Crippen molar-refractivity contribution in [3.8, 4) is 5.75 Å². The summed E-state index contributed by atoms with van der Waals surface area (Å²) in [6.07, 6.45) is 1.02. The van der Waals surface area contributed by atoms with Gasteiger partial charge in [0.25, 0.3) is 0 Å². The van der Waals surface area contributed by atoms with E-state index in [1.54, 1.807) is 14.0 Å².